The number of carbonyl (C=O) groups excluding carboxylic acids is 1. The van der Waals surface area contributed by atoms with Crippen molar-refractivity contribution in [1.29, 1.82) is 0 Å². The van der Waals surface area contributed by atoms with Gasteiger partial charge in [-0.1, -0.05) is 12.1 Å². The third-order valence-electron chi connectivity index (χ3n) is 3.31. The maximum Gasteiger partial charge on any atom is 0.317 e. The molecule has 0 spiro atoms. The highest BCUT2D eigenvalue weighted by molar-refractivity contribution is 5.77. The molecule has 2 atom stereocenters. The van der Waals surface area contributed by atoms with Crippen LogP contribution in [0, 0.1) is 18.8 Å². The lowest BCUT2D eigenvalue weighted by atomic mass is 9.99. The van der Waals surface area contributed by atoms with Crippen LogP contribution >= 0.6 is 0 Å². The minimum atomic E-state index is -0.852. The molecule has 1 fully saturated rings. The van der Waals surface area contributed by atoms with Crippen LogP contribution in [0.1, 0.15) is 18.4 Å². The molecule has 2 rings (SSSR count). The van der Waals surface area contributed by atoms with Gasteiger partial charge in [0.25, 0.3) is 0 Å². The highest BCUT2D eigenvalue weighted by atomic mass is 16.5. The molecule has 1 aliphatic heterocycles. The number of aromatic nitrogens is 1. The van der Waals surface area contributed by atoms with Crippen molar-refractivity contribution in [1.82, 2.24) is 15.4 Å². The molecule has 104 valence electrons. The Morgan fingerprint density at radius 2 is 2.32 bits per heavy atom. The predicted octanol–water partition coefficient (Wildman–Crippen LogP) is 0.845. The molecule has 2 heterocycles. The van der Waals surface area contributed by atoms with Crippen molar-refractivity contribution in [2.24, 2.45) is 11.8 Å². The van der Waals surface area contributed by atoms with Crippen LogP contribution < -0.4 is 5.32 Å². The van der Waals surface area contributed by atoms with Crippen molar-refractivity contribution in [2.45, 2.75) is 20.4 Å². The molecule has 19 heavy (non-hydrogen) atoms. The molecular weight excluding hydrogens is 250 g/mol. The smallest absolute Gasteiger partial charge is 0.317 e. The quantitative estimate of drug-likeness (QED) is 0.846. The lowest BCUT2D eigenvalue weighted by Gasteiger charge is -2.16. The Balaban J connectivity index is 1.86. The van der Waals surface area contributed by atoms with Crippen LogP contribution in [0.25, 0.3) is 0 Å². The molecule has 7 heteroatoms. The molecule has 0 aliphatic carbocycles. The van der Waals surface area contributed by atoms with Crippen LogP contribution in [-0.4, -0.2) is 40.3 Å². The second-order valence-electron chi connectivity index (χ2n) is 4.91. The summed E-state index contributed by atoms with van der Waals surface area (Å²) in [5.41, 5.74) is 0.646. The van der Waals surface area contributed by atoms with Crippen LogP contribution in [0.15, 0.2) is 10.6 Å². The van der Waals surface area contributed by atoms with E-state index in [0.717, 1.165) is 0 Å². The first-order valence-electron chi connectivity index (χ1n) is 6.15. The van der Waals surface area contributed by atoms with E-state index in [2.05, 4.69) is 10.5 Å². The number of nitrogens with zero attached hydrogens (tertiary/aromatic N) is 2. The maximum atomic E-state index is 11.9. The number of carboxylic acid groups (broad SMARTS) is 1. The normalized spacial score (nSPS) is 22.5. The fraction of sp³-hybridized carbons (Fsp3) is 0.583. The Hall–Kier alpha value is -2.05. The van der Waals surface area contributed by atoms with Crippen LogP contribution in [0.5, 0.6) is 0 Å². The van der Waals surface area contributed by atoms with E-state index in [0.29, 0.717) is 18.0 Å². The van der Waals surface area contributed by atoms with Crippen LogP contribution in [-0.2, 0) is 11.3 Å². The molecular formula is C12H17N3O4. The van der Waals surface area contributed by atoms with E-state index in [1.54, 1.807) is 13.0 Å². The third kappa shape index (κ3) is 3.04. The highest BCUT2D eigenvalue weighted by Crippen LogP contribution is 2.23. The van der Waals surface area contributed by atoms with Gasteiger partial charge in [-0.05, 0) is 12.8 Å². The first-order chi connectivity index (χ1) is 8.97. The second-order valence-corrected chi connectivity index (χ2v) is 4.91. The molecule has 0 bridgehead atoms. The molecule has 0 radical (unpaired) electrons. The standard InChI is InChI=1S/C12H17N3O4/c1-7-5-15(6-10(7)11(16)17)12(18)13-4-9-3-8(2)19-14-9/h3,7,10H,4-6H2,1-2H3,(H,13,18)(H,16,17). The number of likely N-dealkylation sites (tertiary alicyclic amines) is 1. The Labute approximate surface area is 110 Å². The van der Waals surface area contributed by atoms with E-state index >= 15 is 0 Å². The van der Waals surface area contributed by atoms with Crippen molar-refractivity contribution in [3.63, 3.8) is 0 Å². The monoisotopic (exact) mass is 267 g/mol. The number of carbonyl (C=O) groups is 2. The van der Waals surface area contributed by atoms with Gasteiger partial charge >= 0.3 is 12.0 Å². The number of nitrogens with one attached hydrogen (secondary N) is 1. The lowest BCUT2D eigenvalue weighted by molar-refractivity contribution is -0.142. The largest absolute Gasteiger partial charge is 0.481 e. The highest BCUT2D eigenvalue weighted by Gasteiger charge is 2.36. The summed E-state index contributed by atoms with van der Waals surface area (Å²) in [7, 11) is 0. The van der Waals surface area contributed by atoms with Crippen molar-refractivity contribution >= 4 is 12.0 Å². The molecule has 7 nitrogen and oxygen atoms in total. The van der Waals surface area contributed by atoms with E-state index < -0.39 is 11.9 Å². The number of hydrogen-bond donors (Lipinski definition) is 2. The first-order valence-corrected chi connectivity index (χ1v) is 6.15. The number of aliphatic carboxylic acids is 1. The second kappa shape index (κ2) is 5.29. The molecule has 0 saturated carbocycles. The van der Waals surface area contributed by atoms with Gasteiger partial charge in [0.1, 0.15) is 11.5 Å². The van der Waals surface area contributed by atoms with E-state index in [9.17, 15) is 9.59 Å². The summed E-state index contributed by atoms with van der Waals surface area (Å²) in [6, 6.07) is 1.48. The van der Waals surface area contributed by atoms with Gasteiger partial charge in [0.05, 0.1) is 12.5 Å². The van der Waals surface area contributed by atoms with Crippen molar-refractivity contribution in [3.8, 4) is 0 Å². The lowest BCUT2D eigenvalue weighted by Crippen LogP contribution is -2.38. The molecule has 0 aromatic carbocycles. The first kappa shape index (κ1) is 13.4. The van der Waals surface area contributed by atoms with Crippen LogP contribution in [0.2, 0.25) is 0 Å². The minimum absolute atomic E-state index is 0.0301. The molecule has 2 amide bonds. The Morgan fingerprint density at radius 3 is 2.84 bits per heavy atom. The third-order valence-corrected chi connectivity index (χ3v) is 3.31. The number of aryl methyl sites for hydroxylation is 1. The number of amides is 2. The number of carboxylic acids is 1. The molecule has 1 aliphatic rings. The zero-order chi connectivity index (χ0) is 14.0. The maximum absolute atomic E-state index is 11.9. The van der Waals surface area contributed by atoms with Gasteiger partial charge < -0.3 is 19.8 Å². The van der Waals surface area contributed by atoms with Gasteiger partial charge in [-0.15, -0.1) is 0 Å². The zero-order valence-electron chi connectivity index (χ0n) is 10.9. The summed E-state index contributed by atoms with van der Waals surface area (Å²) in [5.74, 6) is -0.683. The fourth-order valence-electron chi connectivity index (χ4n) is 2.23. The fourth-order valence-corrected chi connectivity index (χ4v) is 2.23. The number of urea groups is 1. The molecule has 2 unspecified atom stereocenters. The minimum Gasteiger partial charge on any atom is -0.481 e. The van der Waals surface area contributed by atoms with Crippen molar-refractivity contribution in [2.75, 3.05) is 13.1 Å². The summed E-state index contributed by atoms with van der Waals surface area (Å²) in [6.07, 6.45) is 0. The molecule has 2 N–H and O–H groups in total. The van der Waals surface area contributed by atoms with Gasteiger partial charge in [-0.25, -0.2) is 4.79 Å². The van der Waals surface area contributed by atoms with E-state index in [1.807, 2.05) is 6.92 Å². The van der Waals surface area contributed by atoms with Crippen LogP contribution in [0.3, 0.4) is 0 Å². The van der Waals surface area contributed by atoms with Crippen molar-refractivity contribution in [3.05, 3.63) is 17.5 Å². The summed E-state index contributed by atoms with van der Waals surface area (Å²) in [5, 5.41) is 15.5. The summed E-state index contributed by atoms with van der Waals surface area (Å²) in [4.78, 5) is 24.4. The summed E-state index contributed by atoms with van der Waals surface area (Å²) < 4.78 is 4.90. The van der Waals surface area contributed by atoms with E-state index in [4.69, 9.17) is 9.63 Å². The van der Waals surface area contributed by atoms with Gasteiger partial charge in [0.2, 0.25) is 0 Å². The Morgan fingerprint density at radius 1 is 1.58 bits per heavy atom. The van der Waals surface area contributed by atoms with E-state index in [-0.39, 0.29) is 25.0 Å². The Kier molecular flexibility index (Phi) is 3.73. The topological polar surface area (TPSA) is 95.7 Å². The SMILES string of the molecule is Cc1cc(CNC(=O)N2CC(C)C(C(=O)O)C2)no1. The Bertz CT molecular complexity index is 485. The van der Waals surface area contributed by atoms with Crippen molar-refractivity contribution < 1.29 is 19.2 Å². The average molecular weight is 267 g/mol. The van der Waals surface area contributed by atoms with Gasteiger partial charge in [-0.2, -0.15) is 0 Å². The average Bonchev–Trinajstić information content (AvgIpc) is 2.92. The molecule has 1 saturated heterocycles. The van der Waals surface area contributed by atoms with E-state index in [1.165, 1.54) is 4.90 Å². The van der Waals surface area contributed by atoms with Gasteiger partial charge in [-0.3, -0.25) is 4.79 Å². The summed E-state index contributed by atoms with van der Waals surface area (Å²) >= 11 is 0. The molecule has 1 aromatic rings. The van der Waals surface area contributed by atoms with Gasteiger partial charge in [0, 0.05) is 19.2 Å². The number of hydrogen-bond acceptors (Lipinski definition) is 4. The van der Waals surface area contributed by atoms with Crippen LogP contribution in [0.4, 0.5) is 4.79 Å². The number of rotatable bonds is 3. The van der Waals surface area contributed by atoms with Gasteiger partial charge in [0.15, 0.2) is 0 Å². The predicted molar refractivity (Wildman–Crippen MR) is 65.3 cm³/mol. The summed E-state index contributed by atoms with van der Waals surface area (Å²) in [6.45, 7) is 4.60. The molecule has 1 aromatic heterocycles. The zero-order valence-corrected chi connectivity index (χ0v) is 10.9.